The maximum atomic E-state index is 5.41. The van der Waals surface area contributed by atoms with Crippen LogP contribution in [0.25, 0.3) is 97.6 Å². The maximum absolute atomic E-state index is 5.41. The minimum atomic E-state index is 0.675. The molecule has 228 valence electrons. The van der Waals surface area contributed by atoms with Crippen LogP contribution in [-0.2, 0) is 0 Å². The zero-order chi connectivity index (χ0) is 32.1. The lowest BCUT2D eigenvalue weighted by Crippen LogP contribution is -2.03. The molecule has 0 fully saturated rings. The molecule has 0 bridgehead atoms. The molecular formula is C44H26N4S. The first-order valence-corrected chi connectivity index (χ1v) is 17.3. The zero-order valence-electron chi connectivity index (χ0n) is 26.2. The number of hydrogen-bond donors (Lipinski definition) is 0. The van der Waals surface area contributed by atoms with Crippen LogP contribution in [0.3, 0.4) is 0 Å². The average Bonchev–Trinajstić information content (AvgIpc) is 3.82. The number of benzene rings is 7. The van der Waals surface area contributed by atoms with Gasteiger partial charge < -0.3 is 4.57 Å². The van der Waals surface area contributed by atoms with Crippen LogP contribution in [-0.4, -0.2) is 19.1 Å². The highest BCUT2D eigenvalue weighted by molar-refractivity contribution is 7.27. The quantitative estimate of drug-likeness (QED) is 0.192. The molecule has 4 nitrogen and oxygen atoms in total. The molecule has 0 spiro atoms. The summed E-state index contributed by atoms with van der Waals surface area (Å²) < 4.78 is 7.27. The number of fused-ring (bicyclic) bond motifs is 12. The van der Waals surface area contributed by atoms with Crippen molar-refractivity contribution in [3.05, 3.63) is 158 Å². The Balaban J connectivity index is 1.35. The first kappa shape index (κ1) is 26.7. The fourth-order valence-electron chi connectivity index (χ4n) is 7.83. The van der Waals surface area contributed by atoms with Crippen LogP contribution >= 0.6 is 11.3 Å². The van der Waals surface area contributed by atoms with Crippen LogP contribution in [0.15, 0.2) is 158 Å². The number of thiophene rings is 1. The Labute approximate surface area is 284 Å². The van der Waals surface area contributed by atoms with E-state index in [1.165, 1.54) is 52.8 Å². The third-order valence-electron chi connectivity index (χ3n) is 9.91. The van der Waals surface area contributed by atoms with Crippen molar-refractivity contribution in [3.8, 4) is 22.9 Å². The smallest absolute Gasteiger partial charge is 0.235 e. The molecule has 0 unspecified atom stereocenters. The van der Waals surface area contributed by atoms with Crippen molar-refractivity contribution in [3.63, 3.8) is 0 Å². The summed E-state index contributed by atoms with van der Waals surface area (Å²) in [6, 6.07) is 56.1. The predicted molar refractivity (Wildman–Crippen MR) is 207 cm³/mol. The van der Waals surface area contributed by atoms with E-state index >= 15 is 0 Å². The molecule has 0 aliphatic heterocycles. The van der Waals surface area contributed by atoms with E-state index in [4.69, 9.17) is 9.97 Å². The fraction of sp³-hybridized carbons (Fsp3) is 0. The van der Waals surface area contributed by atoms with E-state index in [-0.39, 0.29) is 0 Å². The zero-order valence-corrected chi connectivity index (χ0v) is 27.0. The molecule has 7 aromatic carbocycles. The van der Waals surface area contributed by atoms with Gasteiger partial charge in [-0.2, -0.15) is 0 Å². The molecule has 0 amide bonds. The van der Waals surface area contributed by atoms with Crippen LogP contribution in [0, 0.1) is 0 Å². The molecular weight excluding hydrogens is 617 g/mol. The van der Waals surface area contributed by atoms with Gasteiger partial charge in [0.1, 0.15) is 0 Å². The summed E-state index contributed by atoms with van der Waals surface area (Å²) in [4.78, 5) is 10.7. The molecule has 4 aromatic heterocycles. The topological polar surface area (TPSA) is 35.6 Å². The summed E-state index contributed by atoms with van der Waals surface area (Å²) in [6.45, 7) is 0. The summed E-state index contributed by atoms with van der Waals surface area (Å²) >= 11 is 1.87. The lowest BCUT2D eigenvalue weighted by atomic mass is 10.0. The summed E-state index contributed by atoms with van der Waals surface area (Å²) in [5, 5.41) is 8.41. The molecule has 49 heavy (non-hydrogen) atoms. The van der Waals surface area contributed by atoms with Crippen LogP contribution in [0.5, 0.6) is 0 Å². The highest BCUT2D eigenvalue weighted by atomic mass is 32.1. The van der Waals surface area contributed by atoms with Crippen LogP contribution < -0.4 is 0 Å². The third kappa shape index (κ3) is 3.73. The van der Waals surface area contributed by atoms with Crippen molar-refractivity contribution in [2.75, 3.05) is 0 Å². The van der Waals surface area contributed by atoms with Crippen molar-refractivity contribution in [1.82, 2.24) is 19.1 Å². The van der Waals surface area contributed by atoms with Gasteiger partial charge in [-0.05, 0) is 41.1 Å². The molecule has 0 saturated carbocycles. The number of rotatable bonds is 3. The van der Waals surface area contributed by atoms with E-state index in [1.54, 1.807) is 0 Å². The molecule has 0 aliphatic carbocycles. The van der Waals surface area contributed by atoms with Gasteiger partial charge in [-0.25, -0.2) is 9.97 Å². The molecule has 4 heterocycles. The summed E-state index contributed by atoms with van der Waals surface area (Å²) in [5.41, 5.74) is 8.78. The molecule has 0 saturated heterocycles. The van der Waals surface area contributed by atoms with Crippen molar-refractivity contribution in [1.29, 1.82) is 0 Å². The molecule has 5 heteroatoms. The van der Waals surface area contributed by atoms with E-state index < -0.39 is 0 Å². The summed E-state index contributed by atoms with van der Waals surface area (Å²) in [7, 11) is 0. The third-order valence-corrected chi connectivity index (χ3v) is 11.1. The summed E-state index contributed by atoms with van der Waals surface area (Å²) in [5.74, 6) is 0.675. The van der Waals surface area contributed by atoms with Crippen molar-refractivity contribution >= 4 is 86.0 Å². The lowest BCUT2D eigenvalue weighted by molar-refractivity contribution is 1.02. The number of hydrogen-bond acceptors (Lipinski definition) is 3. The fourth-order valence-corrected chi connectivity index (χ4v) is 9.18. The molecule has 11 aromatic rings. The van der Waals surface area contributed by atoms with Gasteiger partial charge >= 0.3 is 0 Å². The van der Waals surface area contributed by atoms with Crippen molar-refractivity contribution < 1.29 is 0 Å². The minimum Gasteiger partial charge on any atom is -0.308 e. The Morgan fingerprint density at radius 1 is 0.429 bits per heavy atom. The van der Waals surface area contributed by atoms with E-state index in [1.807, 2.05) is 11.3 Å². The normalized spacial score (nSPS) is 12.1. The average molecular weight is 643 g/mol. The van der Waals surface area contributed by atoms with Crippen molar-refractivity contribution in [2.24, 2.45) is 0 Å². The lowest BCUT2D eigenvalue weighted by Gasteiger charge is -2.12. The molecule has 11 rings (SSSR count). The number of para-hydroxylation sites is 3. The molecule has 0 atom stereocenters. The van der Waals surface area contributed by atoms with Gasteiger partial charge in [0.15, 0.2) is 0 Å². The van der Waals surface area contributed by atoms with Gasteiger partial charge in [-0.15, -0.1) is 11.3 Å². The van der Waals surface area contributed by atoms with Gasteiger partial charge in [0.2, 0.25) is 5.95 Å². The van der Waals surface area contributed by atoms with Gasteiger partial charge in [0.25, 0.3) is 0 Å². The Bertz CT molecular complexity index is 3100. The second-order valence-electron chi connectivity index (χ2n) is 12.6. The highest BCUT2D eigenvalue weighted by Gasteiger charge is 2.24. The Morgan fingerprint density at radius 3 is 1.94 bits per heavy atom. The number of nitrogens with zero attached hydrogens (tertiary/aromatic N) is 4. The van der Waals surface area contributed by atoms with E-state index in [2.05, 4.69) is 167 Å². The van der Waals surface area contributed by atoms with E-state index in [0.717, 1.165) is 38.9 Å². The van der Waals surface area contributed by atoms with Gasteiger partial charge in [0, 0.05) is 38.2 Å². The van der Waals surface area contributed by atoms with E-state index in [0.29, 0.717) is 5.95 Å². The second-order valence-corrected chi connectivity index (χ2v) is 13.6. The largest absolute Gasteiger partial charge is 0.308 e. The van der Waals surface area contributed by atoms with Gasteiger partial charge in [-0.1, -0.05) is 127 Å². The van der Waals surface area contributed by atoms with Gasteiger partial charge in [0.05, 0.1) is 42.7 Å². The number of aromatic nitrogens is 4. The predicted octanol–water partition coefficient (Wildman–Crippen LogP) is 11.9. The standard InChI is InChI=1S/C44H26N4S/c1-3-14-28(15-4-1)39-31-19-9-11-21-35(31)45-44(46-39)48-37-26-23-27-13-7-8-18-30(27)38(37)33-24-25-34-41-42(49-43(34)40(33)48)32-20-10-12-22-36(32)47(41)29-16-5-2-6-17-29/h1-26H. The Hall–Kier alpha value is -6.30. The molecule has 0 radical (unpaired) electrons. The molecule has 0 N–H and O–H groups in total. The van der Waals surface area contributed by atoms with Crippen molar-refractivity contribution in [2.45, 2.75) is 0 Å². The van der Waals surface area contributed by atoms with Gasteiger partial charge in [-0.3, -0.25) is 4.57 Å². The van der Waals surface area contributed by atoms with Crippen LogP contribution in [0.1, 0.15) is 0 Å². The molecule has 0 aliphatic rings. The maximum Gasteiger partial charge on any atom is 0.235 e. The SMILES string of the molecule is c1ccc(-c2nc(-n3c4ccc5ccccc5c4c4ccc5c(sc6c7ccccc7n(-c7ccccc7)c56)c43)nc3ccccc23)cc1. The van der Waals surface area contributed by atoms with Crippen LogP contribution in [0.2, 0.25) is 0 Å². The monoisotopic (exact) mass is 642 g/mol. The Kier molecular flexibility index (Phi) is 5.51. The first-order valence-electron chi connectivity index (χ1n) is 16.5. The highest BCUT2D eigenvalue weighted by Crippen LogP contribution is 2.48. The second kappa shape index (κ2) is 10.1. The van der Waals surface area contributed by atoms with Crippen LogP contribution in [0.4, 0.5) is 0 Å². The van der Waals surface area contributed by atoms with E-state index in [9.17, 15) is 0 Å². The summed E-state index contributed by atoms with van der Waals surface area (Å²) in [6.07, 6.45) is 0. The first-order chi connectivity index (χ1) is 24.3. The minimum absolute atomic E-state index is 0.675. The Morgan fingerprint density at radius 2 is 1.08 bits per heavy atom.